The second-order valence-electron chi connectivity index (χ2n) is 4.94. The summed E-state index contributed by atoms with van der Waals surface area (Å²) in [5.74, 6) is -0.0368. The monoisotopic (exact) mass is 307 g/mol. The predicted molar refractivity (Wildman–Crippen MR) is 87.0 cm³/mol. The normalized spacial score (nSPS) is 11.0. The number of aromatic nitrogens is 1. The maximum atomic E-state index is 12.6. The highest BCUT2D eigenvalue weighted by Gasteiger charge is 2.22. The minimum absolute atomic E-state index is 0.0368. The summed E-state index contributed by atoms with van der Waals surface area (Å²) in [5, 5.41) is 0.900. The maximum absolute atomic E-state index is 12.6. The van der Waals surface area contributed by atoms with E-state index in [1.54, 1.807) is 12.0 Å². The first kappa shape index (κ1) is 15.7. The smallest absolute Gasteiger partial charge is 0.266 e. The molecular formula is C15H21N3O2S. The van der Waals surface area contributed by atoms with E-state index in [4.69, 9.17) is 10.5 Å². The van der Waals surface area contributed by atoms with Gasteiger partial charge in [0.25, 0.3) is 5.91 Å². The summed E-state index contributed by atoms with van der Waals surface area (Å²) in [5.41, 5.74) is 8.56. The molecule has 0 aliphatic rings. The van der Waals surface area contributed by atoms with Crippen LogP contribution < -0.4 is 5.73 Å². The molecule has 2 heterocycles. The lowest BCUT2D eigenvalue weighted by Gasteiger charge is -2.19. The lowest BCUT2D eigenvalue weighted by atomic mass is 10.2. The van der Waals surface area contributed by atoms with E-state index < -0.39 is 0 Å². The molecule has 21 heavy (non-hydrogen) atoms. The number of pyridine rings is 1. The Labute approximate surface area is 128 Å². The average molecular weight is 307 g/mol. The van der Waals surface area contributed by atoms with Crippen LogP contribution in [0.5, 0.6) is 0 Å². The SMILES string of the molecule is CCN(CCOC)C(=O)c1sc2cc(C)nc(C)c2c1N. The molecule has 0 atom stereocenters. The van der Waals surface area contributed by atoms with E-state index in [2.05, 4.69) is 4.98 Å². The fraction of sp³-hybridized carbons (Fsp3) is 0.467. The zero-order valence-corrected chi connectivity index (χ0v) is 13.7. The largest absolute Gasteiger partial charge is 0.397 e. The van der Waals surface area contributed by atoms with Crippen molar-refractivity contribution in [2.75, 3.05) is 32.5 Å². The number of thiophene rings is 1. The number of fused-ring (bicyclic) bond motifs is 1. The molecule has 0 aromatic carbocycles. The van der Waals surface area contributed by atoms with E-state index in [0.717, 1.165) is 21.5 Å². The van der Waals surface area contributed by atoms with Crippen molar-refractivity contribution in [1.29, 1.82) is 0 Å². The van der Waals surface area contributed by atoms with Crippen LogP contribution in [-0.2, 0) is 4.74 Å². The predicted octanol–water partition coefficient (Wildman–Crippen LogP) is 2.60. The number of aryl methyl sites for hydroxylation is 2. The number of nitrogen functional groups attached to an aromatic ring is 1. The van der Waals surface area contributed by atoms with Gasteiger partial charge in [0.15, 0.2) is 0 Å². The summed E-state index contributed by atoms with van der Waals surface area (Å²) in [6.07, 6.45) is 0. The first-order chi connectivity index (χ1) is 9.99. The summed E-state index contributed by atoms with van der Waals surface area (Å²) < 4.78 is 6.07. The fourth-order valence-corrected chi connectivity index (χ4v) is 3.62. The van der Waals surface area contributed by atoms with Crippen LogP contribution >= 0.6 is 11.3 Å². The molecule has 0 radical (unpaired) electrons. The average Bonchev–Trinajstić information content (AvgIpc) is 2.76. The number of carbonyl (C=O) groups is 1. The lowest BCUT2D eigenvalue weighted by Crippen LogP contribution is -2.33. The van der Waals surface area contributed by atoms with Crippen LogP contribution in [0.15, 0.2) is 6.07 Å². The minimum atomic E-state index is -0.0368. The molecule has 0 saturated heterocycles. The molecule has 0 spiro atoms. The van der Waals surface area contributed by atoms with E-state index in [0.29, 0.717) is 30.3 Å². The molecule has 0 bridgehead atoms. The summed E-state index contributed by atoms with van der Waals surface area (Å²) in [6.45, 7) is 7.54. The van der Waals surface area contributed by atoms with E-state index >= 15 is 0 Å². The van der Waals surface area contributed by atoms with Gasteiger partial charge in [0.2, 0.25) is 0 Å². The first-order valence-corrected chi connectivity index (χ1v) is 7.75. The Bertz CT molecular complexity index is 666. The molecule has 2 N–H and O–H groups in total. The van der Waals surface area contributed by atoms with Gasteiger partial charge in [-0.05, 0) is 26.8 Å². The number of amides is 1. The van der Waals surface area contributed by atoms with Gasteiger partial charge in [-0.3, -0.25) is 9.78 Å². The fourth-order valence-electron chi connectivity index (χ4n) is 2.39. The van der Waals surface area contributed by atoms with Crippen molar-refractivity contribution in [3.8, 4) is 0 Å². The number of methoxy groups -OCH3 is 1. The van der Waals surface area contributed by atoms with Gasteiger partial charge in [0, 0.05) is 41.7 Å². The zero-order chi connectivity index (χ0) is 15.6. The Morgan fingerprint density at radius 2 is 2.19 bits per heavy atom. The topological polar surface area (TPSA) is 68.5 Å². The third-order valence-corrected chi connectivity index (χ3v) is 4.59. The van der Waals surface area contributed by atoms with Crippen molar-refractivity contribution in [3.05, 3.63) is 22.3 Å². The van der Waals surface area contributed by atoms with Gasteiger partial charge < -0.3 is 15.4 Å². The van der Waals surface area contributed by atoms with Crippen molar-refractivity contribution < 1.29 is 9.53 Å². The summed E-state index contributed by atoms with van der Waals surface area (Å²) >= 11 is 1.44. The number of anilines is 1. The van der Waals surface area contributed by atoms with Crippen LogP contribution in [0, 0.1) is 13.8 Å². The van der Waals surface area contributed by atoms with Crippen LogP contribution in [0.3, 0.4) is 0 Å². The van der Waals surface area contributed by atoms with Crippen molar-refractivity contribution in [2.45, 2.75) is 20.8 Å². The number of nitrogens with two attached hydrogens (primary N) is 1. The molecule has 1 amide bonds. The van der Waals surface area contributed by atoms with Crippen LogP contribution in [0.1, 0.15) is 28.0 Å². The molecule has 114 valence electrons. The van der Waals surface area contributed by atoms with E-state index in [1.165, 1.54) is 11.3 Å². The standard InChI is InChI=1S/C15H21N3O2S/c1-5-18(6-7-20-4)15(19)14-13(16)12-10(3)17-9(2)8-11(12)21-14/h8H,5-7,16H2,1-4H3. The highest BCUT2D eigenvalue weighted by atomic mass is 32.1. The molecule has 2 aromatic heterocycles. The third-order valence-electron chi connectivity index (χ3n) is 3.45. The summed E-state index contributed by atoms with van der Waals surface area (Å²) in [7, 11) is 1.63. The van der Waals surface area contributed by atoms with Crippen molar-refractivity contribution >= 4 is 33.0 Å². The van der Waals surface area contributed by atoms with Crippen LogP contribution in [0.4, 0.5) is 5.69 Å². The first-order valence-electron chi connectivity index (χ1n) is 6.94. The Hall–Kier alpha value is -1.66. The molecule has 0 aliphatic heterocycles. The molecule has 6 heteroatoms. The quantitative estimate of drug-likeness (QED) is 0.922. The summed E-state index contributed by atoms with van der Waals surface area (Å²) in [4.78, 5) is 19.4. The molecule has 0 unspecified atom stereocenters. The lowest BCUT2D eigenvalue weighted by molar-refractivity contribution is 0.0712. The number of nitrogens with zero attached hydrogens (tertiary/aromatic N) is 2. The second kappa shape index (κ2) is 6.41. The number of ether oxygens (including phenoxy) is 1. The Balaban J connectivity index is 2.44. The zero-order valence-electron chi connectivity index (χ0n) is 12.9. The molecule has 2 rings (SSSR count). The molecular weight excluding hydrogens is 286 g/mol. The van der Waals surface area contributed by atoms with Gasteiger partial charge in [-0.15, -0.1) is 11.3 Å². The highest BCUT2D eigenvalue weighted by molar-refractivity contribution is 7.21. The van der Waals surface area contributed by atoms with Gasteiger partial charge in [-0.25, -0.2) is 0 Å². The molecule has 5 nitrogen and oxygen atoms in total. The van der Waals surface area contributed by atoms with Crippen LogP contribution in [0.25, 0.3) is 10.1 Å². The van der Waals surface area contributed by atoms with Crippen molar-refractivity contribution in [2.24, 2.45) is 0 Å². The van der Waals surface area contributed by atoms with Crippen LogP contribution in [0.2, 0.25) is 0 Å². The Morgan fingerprint density at radius 3 is 2.81 bits per heavy atom. The van der Waals surface area contributed by atoms with Gasteiger partial charge in [0.05, 0.1) is 12.3 Å². The molecule has 0 fully saturated rings. The van der Waals surface area contributed by atoms with E-state index in [1.807, 2.05) is 26.8 Å². The second-order valence-corrected chi connectivity index (χ2v) is 6.00. The van der Waals surface area contributed by atoms with Crippen molar-refractivity contribution in [1.82, 2.24) is 9.88 Å². The van der Waals surface area contributed by atoms with Gasteiger partial charge in [-0.1, -0.05) is 0 Å². The third kappa shape index (κ3) is 3.01. The van der Waals surface area contributed by atoms with Gasteiger partial charge in [0.1, 0.15) is 4.88 Å². The highest BCUT2D eigenvalue weighted by Crippen LogP contribution is 2.36. The maximum Gasteiger partial charge on any atom is 0.266 e. The van der Waals surface area contributed by atoms with E-state index in [9.17, 15) is 4.79 Å². The Morgan fingerprint density at radius 1 is 1.48 bits per heavy atom. The number of likely N-dealkylation sites (N-methyl/N-ethyl adjacent to an activating group) is 1. The van der Waals surface area contributed by atoms with Gasteiger partial charge >= 0.3 is 0 Å². The van der Waals surface area contributed by atoms with Gasteiger partial charge in [-0.2, -0.15) is 0 Å². The van der Waals surface area contributed by atoms with Crippen molar-refractivity contribution in [3.63, 3.8) is 0 Å². The molecule has 2 aromatic rings. The number of carbonyl (C=O) groups excluding carboxylic acids is 1. The summed E-state index contributed by atoms with van der Waals surface area (Å²) in [6, 6.07) is 1.98. The minimum Gasteiger partial charge on any atom is -0.397 e. The molecule has 0 aliphatic carbocycles. The van der Waals surface area contributed by atoms with E-state index in [-0.39, 0.29) is 5.91 Å². The number of hydrogen-bond acceptors (Lipinski definition) is 5. The van der Waals surface area contributed by atoms with Crippen LogP contribution in [-0.4, -0.2) is 42.6 Å². The Kier molecular flexibility index (Phi) is 4.80. The number of hydrogen-bond donors (Lipinski definition) is 1. The number of rotatable bonds is 5. The molecule has 0 saturated carbocycles.